The Morgan fingerprint density at radius 1 is 1.19 bits per heavy atom. The summed E-state index contributed by atoms with van der Waals surface area (Å²) in [5.74, 6) is 0. The van der Waals surface area contributed by atoms with Crippen LogP contribution in [0.4, 0.5) is 11.4 Å². The fourth-order valence-electron chi connectivity index (χ4n) is 3.75. The fourth-order valence-corrected chi connectivity index (χ4v) is 3.75. The van der Waals surface area contributed by atoms with Crippen molar-refractivity contribution in [1.82, 2.24) is 9.78 Å². The van der Waals surface area contributed by atoms with Crippen molar-refractivity contribution in [2.75, 3.05) is 17.2 Å². The molecular formula is C21H25ClN4. The van der Waals surface area contributed by atoms with Crippen LogP contribution in [0.25, 0.3) is 11.1 Å². The van der Waals surface area contributed by atoms with Gasteiger partial charge in [0.15, 0.2) is 0 Å². The number of nitrogen functional groups attached to an aromatic ring is 1. The minimum Gasteiger partial charge on any atom is -0.398 e. The molecule has 4 nitrogen and oxygen atoms in total. The first-order valence-corrected chi connectivity index (χ1v) is 8.82. The summed E-state index contributed by atoms with van der Waals surface area (Å²) >= 11 is 0. The van der Waals surface area contributed by atoms with E-state index in [1.165, 1.54) is 33.5 Å². The zero-order valence-corrected chi connectivity index (χ0v) is 16.1. The Hall–Kier alpha value is -2.46. The number of benzene rings is 2. The number of hydrogen-bond donors (Lipinski definition) is 1. The molecule has 0 saturated heterocycles. The van der Waals surface area contributed by atoms with E-state index in [0.29, 0.717) is 0 Å². The van der Waals surface area contributed by atoms with Gasteiger partial charge in [0.1, 0.15) is 0 Å². The number of nitrogens with two attached hydrogens (primary N) is 1. The lowest BCUT2D eigenvalue weighted by atomic mass is 9.96. The zero-order chi connectivity index (χ0) is 17.4. The highest BCUT2D eigenvalue weighted by Gasteiger charge is 2.20. The number of rotatable bonds is 3. The maximum Gasteiger partial charge on any atom is 0.0568 e. The molecule has 1 aromatic heterocycles. The Labute approximate surface area is 161 Å². The van der Waals surface area contributed by atoms with Crippen LogP contribution >= 0.6 is 12.4 Å². The number of hydrogen-bond acceptors (Lipinski definition) is 3. The van der Waals surface area contributed by atoms with Crippen LogP contribution in [0.5, 0.6) is 0 Å². The van der Waals surface area contributed by atoms with Gasteiger partial charge >= 0.3 is 0 Å². The highest BCUT2D eigenvalue weighted by Crippen LogP contribution is 2.34. The van der Waals surface area contributed by atoms with Crippen molar-refractivity contribution < 1.29 is 0 Å². The molecule has 2 heterocycles. The molecule has 1 aliphatic heterocycles. The molecule has 5 heteroatoms. The van der Waals surface area contributed by atoms with Gasteiger partial charge in [0, 0.05) is 43.3 Å². The molecule has 26 heavy (non-hydrogen) atoms. The summed E-state index contributed by atoms with van der Waals surface area (Å²) in [5.41, 5.74) is 14.7. The second-order valence-corrected chi connectivity index (χ2v) is 6.93. The van der Waals surface area contributed by atoms with Gasteiger partial charge in [0.2, 0.25) is 0 Å². The first kappa shape index (κ1) is 18.3. The lowest BCUT2D eigenvalue weighted by molar-refractivity contribution is 0.693. The van der Waals surface area contributed by atoms with E-state index in [9.17, 15) is 0 Å². The molecule has 1 aliphatic rings. The summed E-state index contributed by atoms with van der Waals surface area (Å²) in [6.07, 6.45) is 6.25. The summed E-state index contributed by atoms with van der Waals surface area (Å²) in [6.45, 7) is 4.10. The van der Waals surface area contributed by atoms with Crippen LogP contribution in [0.2, 0.25) is 0 Å². The average Bonchev–Trinajstić information content (AvgIpc) is 3.04. The average molecular weight is 369 g/mol. The summed E-state index contributed by atoms with van der Waals surface area (Å²) in [5, 5.41) is 4.34. The molecule has 0 spiro atoms. The van der Waals surface area contributed by atoms with Gasteiger partial charge in [-0.15, -0.1) is 12.4 Å². The first-order chi connectivity index (χ1) is 12.1. The molecule has 0 bridgehead atoms. The van der Waals surface area contributed by atoms with Crippen molar-refractivity contribution >= 4 is 23.8 Å². The molecule has 0 fully saturated rings. The third kappa shape index (κ3) is 3.42. The van der Waals surface area contributed by atoms with Gasteiger partial charge in [-0.2, -0.15) is 5.10 Å². The van der Waals surface area contributed by atoms with E-state index in [1.54, 1.807) is 0 Å². The van der Waals surface area contributed by atoms with Crippen LogP contribution in [0, 0.1) is 6.92 Å². The van der Waals surface area contributed by atoms with E-state index in [-0.39, 0.29) is 12.4 Å². The number of aromatic nitrogens is 2. The van der Waals surface area contributed by atoms with Crippen LogP contribution in [-0.2, 0) is 20.0 Å². The quantitative estimate of drug-likeness (QED) is 0.699. The Bertz CT molecular complexity index is 916. The van der Waals surface area contributed by atoms with E-state index in [4.69, 9.17) is 5.73 Å². The molecule has 2 N–H and O–H groups in total. The van der Waals surface area contributed by atoms with Crippen LogP contribution in [0.1, 0.15) is 23.1 Å². The van der Waals surface area contributed by atoms with Gasteiger partial charge < -0.3 is 10.6 Å². The standard InChI is InChI=1S/C21H24N4.ClH/c1-15-8-9-16(19(11-15)17-12-23-24(2)13-17)14-25-10-4-5-18-20(22)6-3-7-21(18)25;/h3,6-9,11-13H,4-5,10,14,22H2,1-2H3;1H. The second-order valence-electron chi connectivity index (χ2n) is 6.93. The van der Waals surface area contributed by atoms with Crippen molar-refractivity contribution in [2.24, 2.45) is 7.05 Å². The van der Waals surface area contributed by atoms with Crippen molar-refractivity contribution in [1.29, 1.82) is 0 Å². The minimum absolute atomic E-state index is 0. The SMILES string of the molecule is Cc1ccc(CN2CCCc3c(N)cccc32)c(-c2cnn(C)c2)c1.Cl. The van der Waals surface area contributed by atoms with Crippen molar-refractivity contribution in [2.45, 2.75) is 26.3 Å². The lowest BCUT2D eigenvalue weighted by Crippen LogP contribution is -2.29. The first-order valence-electron chi connectivity index (χ1n) is 8.82. The molecule has 0 amide bonds. The topological polar surface area (TPSA) is 47.1 Å². The fraction of sp³-hybridized carbons (Fsp3) is 0.286. The molecule has 0 aliphatic carbocycles. The third-order valence-corrected chi connectivity index (χ3v) is 5.03. The summed E-state index contributed by atoms with van der Waals surface area (Å²) < 4.78 is 1.86. The molecule has 0 saturated carbocycles. The summed E-state index contributed by atoms with van der Waals surface area (Å²) in [4.78, 5) is 2.46. The van der Waals surface area contributed by atoms with Crippen molar-refractivity contribution in [3.05, 3.63) is 65.5 Å². The maximum atomic E-state index is 6.20. The normalized spacial score (nSPS) is 13.2. The van der Waals surface area contributed by atoms with Crippen LogP contribution in [0.15, 0.2) is 48.8 Å². The Morgan fingerprint density at radius 2 is 2.04 bits per heavy atom. The Kier molecular flexibility index (Phi) is 5.23. The molecule has 136 valence electrons. The molecule has 0 unspecified atom stereocenters. The predicted octanol–water partition coefficient (Wildman–Crippen LogP) is 4.35. The van der Waals surface area contributed by atoms with E-state index >= 15 is 0 Å². The van der Waals surface area contributed by atoms with E-state index in [2.05, 4.69) is 53.5 Å². The van der Waals surface area contributed by atoms with E-state index in [1.807, 2.05) is 24.0 Å². The largest absolute Gasteiger partial charge is 0.398 e. The smallest absolute Gasteiger partial charge is 0.0568 e. The monoisotopic (exact) mass is 368 g/mol. The van der Waals surface area contributed by atoms with Gasteiger partial charge in [-0.1, -0.05) is 29.8 Å². The zero-order valence-electron chi connectivity index (χ0n) is 15.3. The molecule has 4 rings (SSSR count). The van der Waals surface area contributed by atoms with Gasteiger partial charge in [-0.25, -0.2) is 0 Å². The minimum atomic E-state index is 0. The van der Waals surface area contributed by atoms with Crippen LogP contribution in [0.3, 0.4) is 0 Å². The van der Waals surface area contributed by atoms with Crippen molar-refractivity contribution in [3.63, 3.8) is 0 Å². The number of anilines is 2. The Morgan fingerprint density at radius 3 is 2.81 bits per heavy atom. The highest BCUT2D eigenvalue weighted by atomic mass is 35.5. The summed E-state index contributed by atoms with van der Waals surface area (Å²) in [7, 11) is 1.96. The molecular weight excluding hydrogens is 344 g/mol. The number of halogens is 1. The van der Waals surface area contributed by atoms with Gasteiger partial charge in [-0.3, -0.25) is 4.68 Å². The summed E-state index contributed by atoms with van der Waals surface area (Å²) in [6, 6.07) is 13.0. The highest BCUT2D eigenvalue weighted by molar-refractivity contribution is 5.85. The van der Waals surface area contributed by atoms with E-state index < -0.39 is 0 Å². The van der Waals surface area contributed by atoms with Gasteiger partial charge in [-0.05, 0) is 48.6 Å². The number of fused-ring (bicyclic) bond motifs is 1. The van der Waals surface area contributed by atoms with Crippen LogP contribution in [-0.4, -0.2) is 16.3 Å². The molecule has 2 aromatic carbocycles. The van der Waals surface area contributed by atoms with Gasteiger partial charge in [0.05, 0.1) is 6.20 Å². The predicted molar refractivity (Wildman–Crippen MR) is 111 cm³/mol. The van der Waals surface area contributed by atoms with Crippen molar-refractivity contribution in [3.8, 4) is 11.1 Å². The molecule has 0 atom stereocenters. The Balaban J connectivity index is 0.00000196. The number of nitrogens with zero attached hydrogens (tertiary/aromatic N) is 3. The van der Waals surface area contributed by atoms with Crippen LogP contribution < -0.4 is 10.6 Å². The van der Waals surface area contributed by atoms with E-state index in [0.717, 1.165) is 31.6 Å². The maximum absolute atomic E-state index is 6.20. The van der Waals surface area contributed by atoms with Gasteiger partial charge in [0.25, 0.3) is 0 Å². The second kappa shape index (κ2) is 7.42. The molecule has 3 aromatic rings. The third-order valence-electron chi connectivity index (χ3n) is 5.03. The molecule has 0 radical (unpaired) electrons. The number of aryl methyl sites for hydroxylation is 2. The lowest BCUT2D eigenvalue weighted by Gasteiger charge is -2.32.